The van der Waals surface area contributed by atoms with Gasteiger partial charge in [-0.3, -0.25) is 10.6 Å². The molecular formula is C21H32FN5O. The summed E-state index contributed by atoms with van der Waals surface area (Å²) < 4.78 is 21.6. The van der Waals surface area contributed by atoms with Crippen molar-refractivity contribution in [2.75, 3.05) is 25.5 Å². The third kappa shape index (κ3) is 4.03. The molecule has 3 aliphatic rings. The van der Waals surface area contributed by atoms with Gasteiger partial charge >= 0.3 is 0 Å². The summed E-state index contributed by atoms with van der Waals surface area (Å²) in [5, 5.41) is 16.9. The molecule has 28 heavy (non-hydrogen) atoms. The Labute approximate surface area is 166 Å². The maximum Gasteiger partial charge on any atom is 0.157 e. The first-order valence-corrected chi connectivity index (χ1v) is 10.4. The maximum atomic E-state index is 15.7. The smallest absolute Gasteiger partial charge is 0.157 e. The van der Waals surface area contributed by atoms with Crippen LogP contribution in [-0.4, -0.2) is 44.7 Å². The minimum Gasteiger partial charge on any atom is -0.492 e. The van der Waals surface area contributed by atoms with Crippen LogP contribution >= 0.6 is 0 Å². The minimum atomic E-state index is -0.218. The van der Waals surface area contributed by atoms with Gasteiger partial charge in [-0.25, -0.2) is 4.39 Å². The summed E-state index contributed by atoms with van der Waals surface area (Å²) in [7, 11) is 1.94. The average molecular weight is 390 g/mol. The van der Waals surface area contributed by atoms with Crippen LogP contribution in [0.3, 0.4) is 0 Å². The number of rotatable bonds is 4. The first-order chi connectivity index (χ1) is 13.5. The van der Waals surface area contributed by atoms with Crippen LogP contribution in [0, 0.1) is 5.82 Å². The standard InChI is InChI=1S/C21H32FN5O/c1-12-4-5-14(6-8-24-12)18-19(22)16(11-15-7-9-28-20(15)18)26-21-25-13(2)10-17(23-3)27-21/h6,11-13,17,21,23-27H,4-5,7-10H2,1-3H3/t12-,13?,17?,21?/m1/s1. The van der Waals surface area contributed by atoms with Crippen molar-refractivity contribution in [2.45, 2.75) is 64.1 Å². The van der Waals surface area contributed by atoms with Crippen LogP contribution in [0.2, 0.25) is 0 Å². The van der Waals surface area contributed by atoms with E-state index in [1.54, 1.807) is 0 Å². The zero-order valence-electron chi connectivity index (χ0n) is 17.0. The maximum absolute atomic E-state index is 15.7. The number of anilines is 1. The third-order valence-electron chi connectivity index (χ3n) is 5.95. The zero-order chi connectivity index (χ0) is 19.7. The molecule has 0 bridgehead atoms. The molecule has 5 N–H and O–H groups in total. The van der Waals surface area contributed by atoms with Crippen LogP contribution < -0.4 is 31.3 Å². The van der Waals surface area contributed by atoms with Crippen LogP contribution in [-0.2, 0) is 6.42 Å². The van der Waals surface area contributed by atoms with Crippen molar-refractivity contribution in [2.24, 2.45) is 0 Å². The lowest BCUT2D eigenvalue weighted by Crippen LogP contribution is -2.63. The van der Waals surface area contributed by atoms with Crippen molar-refractivity contribution < 1.29 is 9.13 Å². The molecule has 0 spiro atoms. The van der Waals surface area contributed by atoms with Gasteiger partial charge in [-0.05, 0) is 51.8 Å². The molecule has 0 amide bonds. The monoisotopic (exact) mass is 389 g/mol. The van der Waals surface area contributed by atoms with E-state index >= 15 is 4.39 Å². The van der Waals surface area contributed by atoms with E-state index in [-0.39, 0.29) is 18.3 Å². The molecule has 1 fully saturated rings. The summed E-state index contributed by atoms with van der Waals surface area (Å²) >= 11 is 0. The molecule has 0 aromatic heterocycles. The number of nitrogens with one attached hydrogen (secondary N) is 5. The summed E-state index contributed by atoms with van der Waals surface area (Å²) in [4.78, 5) is 0. The number of hydrogen-bond acceptors (Lipinski definition) is 6. The molecule has 7 heteroatoms. The Kier molecular flexibility index (Phi) is 5.87. The molecule has 0 aliphatic carbocycles. The Bertz CT molecular complexity index is 753. The molecule has 3 aliphatic heterocycles. The molecule has 0 saturated carbocycles. The molecule has 3 heterocycles. The van der Waals surface area contributed by atoms with E-state index in [9.17, 15) is 0 Å². The Morgan fingerprint density at radius 1 is 1.18 bits per heavy atom. The van der Waals surface area contributed by atoms with E-state index < -0.39 is 0 Å². The zero-order valence-corrected chi connectivity index (χ0v) is 17.0. The summed E-state index contributed by atoms with van der Waals surface area (Å²) in [5.74, 6) is 0.513. The first-order valence-electron chi connectivity index (χ1n) is 10.4. The first kappa shape index (κ1) is 19.6. The van der Waals surface area contributed by atoms with Gasteiger partial charge in [0.1, 0.15) is 12.0 Å². The summed E-state index contributed by atoms with van der Waals surface area (Å²) in [6.45, 7) is 5.69. The fraction of sp³-hybridized carbons (Fsp3) is 0.619. The Morgan fingerprint density at radius 2 is 2.04 bits per heavy atom. The third-order valence-corrected chi connectivity index (χ3v) is 5.95. The Hall–Kier alpha value is -1.67. The molecule has 4 atom stereocenters. The quantitative estimate of drug-likeness (QED) is 0.544. The fourth-order valence-corrected chi connectivity index (χ4v) is 4.35. The summed E-state index contributed by atoms with van der Waals surface area (Å²) in [6, 6.07) is 2.67. The van der Waals surface area contributed by atoms with Crippen LogP contribution in [0.25, 0.3) is 5.57 Å². The highest BCUT2D eigenvalue weighted by Gasteiger charge is 2.29. The topological polar surface area (TPSA) is 69.4 Å². The van der Waals surface area contributed by atoms with Gasteiger partial charge in [-0.2, -0.15) is 0 Å². The molecular weight excluding hydrogens is 357 g/mol. The number of ether oxygens (including phenoxy) is 1. The molecule has 3 unspecified atom stereocenters. The SMILES string of the molecule is CNC1CC(C)NC(Nc2cc3c(c(C4=CCN[C@H](C)CC4)c2F)OCC3)N1. The van der Waals surface area contributed by atoms with Gasteiger partial charge in [0.05, 0.1) is 24.0 Å². The second-order valence-electron chi connectivity index (χ2n) is 8.17. The fourth-order valence-electron chi connectivity index (χ4n) is 4.35. The number of benzene rings is 1. The normalized spacial score (nSPS) is 30.2. The van der Waals surface area contributed by atoms with Gasteiger partial charge in [0.2, 0.25) is 0 Å². The van der Waals surface area contributed by atoms with Crippen molar-refractivity contribution in [3.8, 4) is 5.75 Å². The van der Waals surface area contributed by atoms with Crippen LogP contribution in [0.1, 0.15) is 44.2 Å². The molecule has 1 aromatic rings. The van der Waals surface area contributed by atoms with Crippen LogP contribution in [0.5, 0.6) is 5.75 Å². The predicted molar refractivity (Wildman–Crippen MR) is 111 cm³/mol. The lowest BCUT2D eigenvalue weighted by atomic mass is 9.95. The lowest BCUT2D eigenvalue weighted by molar-refractivity contribution is 0.249. The highest BCUT2D eigenvalue weighted by Crippen LogP contribution is 2.41. The van der Waals surface area contributed by atoms with Crippen molar-refractivity contribution >= 4 is 11.3 Å². The summed E-state index contributed by atoms with van der Waals surface area (Å²) in [6.07, 6.45) is 5.73. The number of allylic oxidation sites excluding steroid dienone is 1. The number of hydrogen-bond donors (Lipinski definition) is 5. The minimum absolute atomic E-state index is 0.186. The van der Waals surface area contributed by atoms with E-state index in [2.05, 4.69) is 46.5 Å². The molecule has 6 nitrogen and oxygen atoms in total. The van der Waals surface area contributed by atoms with Gasteiger partial charge in [-0.1, -0.05) is 6.08 Å². The Morgan fingerprint density at radius 3 is 2.86 bits per heavy atom. The van der Waals surface area contributed by atoms with Crippen LogP contribution in [0.15, 0.2) is 12.1 Å². The van der Waals surface area contributed by atoms with Crippen molar-refractivity contribution in [3.63, 3.8) is 0 Å². The molecule has 1 saturated heterocycles. The average Bonchev–Trinajstić information content (AvgIpc) is 3.02. The number of fused-ring (bicyclic) bond motifs is 1. The van der Waals surface area contributed by atoms with E-state index in [1.807, 2.05) is 13.1 Å². The molecule has 4 rings (SSSR count). The van der Waals surface area contributed by atoms with Gasteiger partial charge in [0, 0.05) is 30.6 Å². The number of halogens is 1. The predicted octanol–water partition coefficient (Wildman–Crippen LogP) is 2.13. The van der Waals surface area contributed by atoms with Crippen molar-refractivity contribution in [1.29, 1.82) is 0 Å². The summed E-state index contributed by atoms with van der Waals surface area (Å²) in [5.41, 5.74) is 3.29. The molecule has 0 radical (unpaired) electrons. The van der Waals surface area contributed by atoms with E-state index in [0.29, 0.717) is 29.9 Å². The van der Waals surface area contributed by atoms with Crippen molar-refractivity contribution in [3.05, 3.63) is 29.1 Å². The van der Waals surface area contributed by atoms with E-state index in [0.717, 1.165) is 49.1 Å². The van der Waals surface area contributed by atoms with E-state index in [1.165, 1.54) is 0 Å². The largest absolute Gasteiger partial charge is 0.492 e. The van der Waals surface area contributed by atoms with Gasteiger partial charge in [-0.15, -0.1) is 0 Å². The molecule has 154 valence electrons. The van der Waals surface area contributed by atoms with Gasteiger partial charge in [0.15, 0.2) is 5.82 Å². The van der Waals surface area contributed by atoms with Gasteiger partial charge in [0.25, 0.3) is 0 Å². The van der Waals surface area contributed by atoms with Crippen molar-refractivity contribution in [1.82, 2.24) is 21.3 Å². The van der Waals surface area contributed by atoms with Crippen LogP contribution in [0.4, 0.5) is 10.1 Å². The second-order valence-corrected chi connectivity index (χ2v) is 8.17. The molecule has 1 aromatic carbocycles. The van der Waals surface area contributed by atoms with Gasteiger partial charge < -0.3 is 20.7 Å². The second kappa shape index (κ2) is 8.37. The highest BCUT2D eigenvalue weighted by atomic mass is 19.1. The van der Waals surface area contributed by atoms with E-state index in [4.69, 9.17) is 4.74 Å². The lowest BCUT2D eigenvalue weighted by Gasteiger charge is -2.37. The highest BCUT2D eigenvalue weighted by molar-refractivity contribution is 5.77. The Balaban J connectivity index is 1.65.